The largest absolute Gasteiger partial charge is 0.359 e. The van der Waals surface area contributed by atoms with Crippen molar-refractivity contribution in [3.05, 3.63) is 35.0 Å². The van der Waals surface area contributed by atoms with E-state index in [1.807, 2.05) is 12.1 Å². The van der Waals surface area contributed by atoms with Crippen LogP contribution in [0.1, 0.15) is 5.56 Å². The van der Waals surface area contributed by atoms with E-state index in [4.69, 9.17) is 16.9 Å². The van der Waals surface area contributed by atoms with E-state index in [2.05, 4.69) is 11.1 Å². The molecule has 0 spiro atoms. The van der Waals surface area contributed by atoms with Gasteiger partial charge in [0, 0.05) is 11.6 Å². The fourth-order valence-electron chi connectivity index (χ4n) is 1.21. The number of halogens is 1. The monoisotopic (exact) mass is 176 g/mol. The van der Waals surface area contributed by atoms with Gasteiger partial charge in [-0.05, 0) is 6.07 Å². The fraction of sp³-hybridized carbons (Fsp3) is 0. The quantitative estimate of drug-likeness (QED) is 0.659. The Bertz CT molecular complexity index is 465. The van der Waals surface area contributed by atoms with Gasteiger partial charge in [0.05, 0.1) is 16.1 Å². The first-order chi connectivity index (χ1) is 5.83. The SMILES string of the molecule is N#Cc1c[nH]c2c(Cl)cccc12. The summed E-state index contributed by atoms with van der Waals surface area (Å²) < 4.78 is 0. The number of rotatable bonds is 0. The molecule has 2 nitrogen and oxygen atoms in total. The Balaban J connectivity index is 2.91. The van der Waals surface area contributed by atoms with Crippen LogP contribution in [0.25, 0.3) is 10.9 Å². The maximum atomic E-state index is 8.70. The zero-order valence-corrected chi connectivity index (χ0v) is 6.89. The number of nitriles is 1. The van der Waals surface area contributed by atoms with Crippen molar-refractivity contribution in [3.8, 4) is 6.07 Å². The van der Waals surface area contributed by atoms with Crippen LogP contribution in [-0.4, -0.2) is 4.98 Å². The van der Waals surface area contributed by atoms with Crippen molar-refractivity contribution < 1.29 is 0 Å². The molecule has 0 unspecified atom stereocenters. The first-order valence-electron chi connectivity index (χ1n) is 3.48. The Morgan fingerprint density at radius 1 is 1.42 bits per heavy atom. The van der Waals surface area contributed by atoms with Gasteiger partial charge in [0.15, 0.2) is 0 Å². The first kappa shape index (κ1) is 7.20. The number of H-pyrrole nitrogens is 1. The number of benzene rings is 1. The third kappa shape index (κ3) is 0.876. The van der Waals surface area contributed by atoms with Gasteiger partial charge in [-0.2, -0.15) is 5.26 Å². The zero-order valence-electron chi connectivity index (χ0n) is 6.13. The molecule has 12 heavy (non-hydrogen) atoms. The highest BCUT2D eigenvalue weighted by molar-refractivity contribution is 6.35. The Hall–Kier alpha value is -1.46. The van der Waals surface area contributed by atoms with E-state index < -0.39 is 0 Å². The lowest BCUT2D eigenvalue weighted by Gasteiger charge is -1.91. The lowest BCUT2D eigenvalue weighted by atomic mass is 10.2. The van der Waals surface area contributed by atoms with Gasteiger partial charge >= 0.3 is 0 Å². The smallest absolute Gasteiger partial charge is 0.101 e. The van der Waals surface area contributed by atoms with Crippen molar-refractivity contribution in [2.24, 2.45) is 0 Å². The number of aromatic nitrogens is 1. The second-order valence-corrected chi connectivity index (χ2v) is 2.88. The van der Waals surface area contributed by atoms with E-state index >= 15 is 0 Å². The number of hydrogen-bond acceptors (Lipinski definition) is 1. The molecular weight excluding hydrogens is 172 g/mol. The fourth-order valence-corrected chi connectivity index (χ4v) is 1.44. The number of aromatic amines is 1. The molecule has 0 radical (unpaired) electrons. The highest BCUT2D eigenvalue weighted by Gasteiger charge is 2.03. The van der Waals surface area contributed by atoms with Gasteiger partial charge < -0.3 is 4.98 Å². The second kappa shape index (κ2) is 2.54. The molecule has 1 N–H and O–H groups in total. The summed E-state index contributed by atoms with van der Waals surface area (Å²) in [7, 11) is 0. The van der Waals surface area contributed by atoms with Gasteiger partial charge in [-0.25, -0.2) is 0 Å². The van der Waals surface area contributed by atoms with Crippen LogP contribution in [0, 0.1) is 11.3 Å². The number of hydrogen-bond donors (Lipinski definition) is 1. The topological polar surface area (TPSA) is 39.6 Å². The first-order valence-corrected chi connectivity index (χ1v) is 3.86. The van der Waals surface area contributed by atoms with E-state index in [-0.39, 0.29) is 0 Å². The average molecular weight is 177 g/mol. The van der Waals surface area contributed by atoms with Crippen molar-refractivity contribution in [3.63, 3.8) is 0 Å². The van der Waals surface area contributed by atoms with Crippen LogP contribution in [0.4, 0.5) is 0 Å². The van der Waals surface area contributed by atoms with Crippen LogP contribution in [0.5, 0.6) is 0 Å². The molecule has 0 aliphatic heterocycles. The molecule has 3 heteroatoms. The molecule has 2 rings (SSSR count). The van der Waals surface area contributed by atoms with Crippen molar-refractivity contribution in [1.29, 1.82) is 5.26 Å². The molecule has 0 fully saturated rings. The van der Waals surface area contributed by atoms with Gasteiger partial charge in [0.25, 0.3) is 0 Å². The maximum absolute atomic E-state index is 8.70. The van der Waals surface area contributed by atoms with Crippen LogP contribution in [0.3, 0.4) is 0 Å². The molecule has 0 bridgehead atoms. The van der Waals surface area contributed by atoms with E-state index in [0.717, 1.165) is 10.9 Å². The number of fused-ring (bicyclic) bond motifs is 1. The molecule has 0 aliphatic carbocycles. The molecule has 1 aromatic heterocycles. The van der Waals surface area contributed by atoms with Gasteiger partial charge in [-0.3, -0.25) is 0 Å². The van der Waals surface area contributed by atoms with Crippen molar-refractivity contribution in [2.75, 3.05) is 0 Å². The summed E-state index contributed by atoms with van der Waals surface area (Å²) in [6.45, 7) is 0. The van der Waals surface area contributed by atoms with Gasteiger partial charge in [0.2, 0.25) is 0 Å². The Morgan fingerprint density at radius 3 is 3.00 bits per heavy atom. The van der Waals surface area contributed by atoms with E-state index in [0.29, 0.717) is 10.6 Å². The average Bonchev–Trinajstić information content (AvgIpc) is 2.49. The van der Waals surface area contributed by atoms with Crippen molar-refractivity contribution in [1.82, 2.24) is 4.98 Å². The normalized spacial score (nSPS) is 10.0. The summed E-state index contributed by atoms with van der Waals surface area (Å²) in [5.41, 5.74) is 1.46. The van der Waals surface area contributed by atoms with E-state index in [1.54, 1.807) is 12.3 Å². The van der Waals surface area contributed by atoms with Gasteiger partial charge in [-0.1, -0.05) is 23.7 Å². The maximum Gasteiger partial charge on any atom is 0.101 e. The van der Waals surface area contributed by atoms with Crippen LogP contribution in [0.2, 0.25) is 5.02 Å². The molecule has 58 valence electrons. The zero-order chi connectivity index (χ0) is 8.55. The number of para-hydroxylation sites is 1. The molecular formula is C9H5ClN2. The lowest BCUT2D eigenvalue weighted by molar-refractivity contribution is 1.45. The van der Waals surface area contributed by atoms with E-state index in [1.165, 1.54) is 0 Å². The Morgan fingerprint density at radius 2 is 2.25 bits per heavy atom. The lowest BCUT2D eigenvalue weighted by Crippen LogP contribution is -1.70. The summed E-state index contributed by atoms with van der Waals surface area (Å²) in [5, 5.41) is 10.2. The Kier molecular flexibility index (Phi) is 1.53. The van der Waals surface area contributed by atoms with Crippen molar-refractivity contribution in [2.45, 2.75) is 0 Å². The minimum absolute atomic E-state index is 0.632. The van der Waals surface area contributed by atoms with Crippen LogP contribution in [-0.2, 0) is 0 Å². The highest BCUT2D eigenvalue weighted by atomic mass is 35.5. The molecule has 0 saturated carbocycles. The molecule has 2 aromatic rings. The third-order valence-electron chi connectivity index (χ3n) is 1.79. The van der Waals surface area contributed by atoms with Crippen molar-refractivity contribution >= 4 is 22.5 Å². The Labute approximate surface area is 74.4 Å². The standard InChI is InChI=1S/C9H5ClN2/c10-8-3-1-2-7-6(4-11)5-12-9(7)8/h1-3,5,12H. The van der Waals surface area contributed by atoms with Gasteiger partial charge in [0.1, 0.15) is 6.07 Å². The molecule has 0 amide bonds. The van der Waals surface area contributed by atoms with Crippen LogP contribution in [0.15, 0.2) is 24.4 Å². The minimum Gasteiger partial charge on any atom is -0.359 e. The summed E-state index contributed by atoms with van der Waals surface area (Å²) in [6, 6.07) is 7.58. The van der Waals surface area contributed by atoms with Crippen LogP contribution < -0.4 is 0 Å². The molecule has 1 aromatic carbocycles. The minimum atomic E-state index is 0.632. The summed E-state index contributed by atoms with van der Waals surface area (Å²) in [4.78, 5) is 2.95. The predicted octanol–water partition coefficient (Wildman–Crippen LogP) is 2.69. The van der Waals surface area contributed by atoms with E-state index in [9.17, 15) is 0 Å². The third-order valence-corrected chi connectivity index (χ3v) is 2.10. The van der Waals surface area contributed by atoms with Crippen LogP contribution >= 0.6 is 11.6 Å². The van der Waals surface area contributed by atoms with Gasteiger partial charge in [-0.15, -0.1) is 0 Å². The molecule has 1 heterocycles. The molecule has 0 aliphatic rings. The summed E-state index contributed by atoms with van der Waals surface area (Å²) in [5.74, 6) is 0. The molecule has 0 atom stereocenters. The number of nitrogens with one attached hydrogen (secondary N) is 1. The summed E-state index contributed by atoms with van der Waals surface area (Å²) in [6.07, 6.45) is 1.66. The summed E-state index contributed by atoms with van der Waals surface area (Å²) >= 11 is 5.89. The number of nitrogens with zero attached hydrogens (tertiary/aromatic N) is 1. The second-order valence-electron chi connectivity index (χ2n) is 2.48. The predicted molar refractivity (Wildman–Crippen MR) is 48.0 cm³/mol. The highest BCUT2D eigenvalue weighted by Crippen LogP contribution is 2.24. The molecule has 0 saturated heterocycles.